The number of nitriles is 1. The molecule has 4 N–H and O–H groups in total. The van der Waals surface area contributed by atoms with Crippen molar-refractivity contribution in [1.82, 2.24) is 10.6 Å². The summed E-state index contributed by atoms with van der Waals surface area (Å²) in [5, 5.41) is 26.8. The standard InChI is InChI=1S/C20H20N6S4/c21-13-30-18-9-7-17(8-10-18)26-20(29)23-12-2-1-11-22-19(28)25-16-5-3-15(4-6-16)24-14-27/h3-10H,1-2,11-12H2,(H2,22,25,28)(H2,23,26,29). The number of thiocyanates is 1. The van der Waals surface area contributed by atoms with Crippen molar-refractivity contribution in [2.45, 2.75) is 17.7 Å². The molecule has 0 aliphatic carbocycles. The summed E-state index contributed by atoms with van der Waals surface area (Å²) >= 11 is 16.3. The zero-order valence-electron chi connectivity index (χ0n) is 16.0. The highest BCUT2D eigenvalue weighted by atomic mass is 32.2. The van der Waals surface area contributed by atoms with Crippen LogP contribution in [0.25, 0.3) is 0 Å². The zero-order chi connectivity index (χ0) is 21.6. The summed E-state index contributed by atoms with van der Waals surface area (Å²) in [6, 6.07) is 15.0. The van der Waals surface area contributed by atoms with Crippen LogP contribution in [0, 0.1) is 10.7 Å². The molecule has 0 aliphatic rings. The van der Waals surface area contributed by atoms with E-state index in [-0.39, 0.29) is 0 Å². The quantitative estimate of drug-likeness (QED) is 0.132. The van der Waals surface area contributed by atoms with Crippen LogP contribution in [0.3, 0.4) is 0 Å². The largest absolute Gasteiger partial charge is 0.362 e. The Balaban J connectivity index is 1.56. The topological polar surface area (TPSA) is 84.3 Å². The van der Waals surface area contributed by atoms with Gasteiger partial charge in [0.15, 0.2) is 10.2 Å². The number of thiocarbonyl (C=S) groups is 3. The van der Waals surface area contributed by atoms with Crippen LogP contribution in [-0.2, 0) is 0 Å². The lowest BCUT2D eigenvalue weighted by Gasteiger charge is -2.12. The summed E-state index contributed by atoms with van der Waals surface area (Å²) in [6.07, 6.45) is 1.89. The Kier molecular flexibility index (Phi) is 10.8. The van der Waals surface area contributed by atoms with Crippen LogP contribution in [0.15, 0.2) is 58.4 Å². The fraction of sp³-hybridized carbons (Fsp3) is 0.200. The first kappa shape index (κ1) is 23.7. The number of nitrogens with one attached hydrogen (secondary N) is 4. The second-order valence-electron chi connectivity index (χ2n) is 5.94. The third-order valence-electron chi connectivity index (χ3n) is 3.75. The van der Waals surface area contributed by atoms with E-state index >= 15 is 0 Å². The van der Waals surface area contributed by atoms with Crippen LogP contribution in [0.2, 0.25) is 0 Å². The van der Waals surface area contributed by atoms with E-state index in [0.29, 0.717) is 10.2 Å². The van der Waals surface area contributed by atoms with E-state index in [1.54, 1.807) is 0 Å². The molecule has 2 rings (SSSR count). The van der Waals surface area contributed by atoms with E-state index in [1.807, 2.05) is 53.9 Å². The fourth-order valence-corrected chi connectivity index (χ4v) is 3.26. The molecule has 2 aromatic rings. The van der Waals surface area contributed by atoms with E-state index in [2.05, 4.69) is 43.6 Å². The molecular formula is C20H20N6S4. The van der Waals surface area contributed by atoms with Crippen molar-refractivity contribution in [3.63, 3.8) is 0 Å². The fourth-order valence-electron chi connectivity index (χ4n) is 2.34. The van der Waals surface area contributed by atoms with Crippen LogP contribution in [0.5, 0.6) is 0 Å². The van der Waals surface area contributed by atoms with Crippen LogP contribution in [-0.4, -0.2) is 28.5 Å². The summed E-state index contributed by atoms with van der Waals surface area (Å²) in [7, 11) is 0. The van der Waals surface area contributed by atoms with Gasteiger partial charge in [-0.15, -0.1) is 0 Å². The SMILES string of the molecule is N#CSc1ccc(NC(=S)NCCCCNC(=S)Nc2ccc(N=C=S)cc2)cc1. The number of isothiocyanates is 1. The molecule has 30 heavy (non-hydrogen) atoms. The third-order valence-corrected chi connectivity index (χ3v) is 4.93. The minimum atomic E-state index is 0.572. The highest BCUT2D eigenvalue weighted by molar-refractivity contribution is 8.03. The summed E-state index contributed by atoms with van der Waals surface area (Å²) in [4.78, 5) is 4.81. The predicted molar refractivity (Wildman–Crippen MR) is 137 cm³/mol. The minimum Gasteiger partial charge on any atom is -0.362 e. The summed E-state index contributed by atoms with van der Waals surface area (Å²) < 4.78 is 0. The minimum absolute atomic E-state index is 0.572. The van der Waals surface area contributed by atoms with Gasteiger partial charge < -0.3 is 21.3 Å². The number of thioether (sulfide) groups is 1. The van der Waals surface area contributed by atoms with Gasteiger partial charge in [-0.05, 0) is 110 Å². The Labute approximate surface area is 196 Å². The van der Waals surface area contributed by atoms with E-state index < -0.39 is 0 Å². The van der Waals surface area contributed by atoms with Crippen molar-refractivity contribution in [2.75, 3.05) is 23.7 Å². The van der Waals surface area contributed by atoms with Gasteiger partial charge in [0, 0.05) is 29.4 Å². The first-order valence-electron chi connectivity index (χ1n) is 9.04. The molecule has 0 amide bonds. The van der Waals surface area contributed by atoms with Crippen molar-refractivity contribution >= 4 is 80.9 Å². The van der Waals surface area contributed by atoms with Crippen molar-refractivity contribution < 1.29 is 0 Å². The van der Waals surface area contributed by atoms with Gasteiger partial charge in [-0.2, -0.15) is 10.3 Å². The molecule has 2 aromatic carbocycles. The van der Waals surface area contributed by atoms with Crippen LogP contribution in [0.1, 0.15) is 12.8 Å². The maximum Gasteiger partial charge on any atom is 0.170 e. The Bertz CT molecular complexity index is 931. The summed E-state index contributed by atoms with van der Waals surface area (Å²) in [6.45, 7) is 1.52. The lowest BCUT2D eigenvalue weighted by molar-refractivity contribution is 0.694. The maximum atomic E-state index is 8.66. The number of nitrogens with zero attached hydrogens (tertiary/aromatic N) is 2. The van der Waals surface area contributed by atoms with E-state index in [0.717, 1.165) is 59.7 Å². The maximum absolute atomic E-state index is 8.66. The number of aliphatic imine (C=N–C) groups is 1. The molecular weight excluding hydrogens is 453 g/mol. The lowest BCUT2D eigenvalue weighted by Crippen LogP contribution is -2.31. The first-order chi connectivity index (χ1) is 14.6. The Morgan fingerprint density at radius 2 is 1.37 bits per heavy atom. The number of hydrogen-bond donors (Lipinski definition) is 4. The third kappa shape index (κ3) is 9.31. The molecule has 0 aromatic heterocycles. The van der Waals surface area contributed by atoms with E-state index in [9.17, 15) is 0 Å². The summed E-state index contributed by atoms with van der Waals surface area (Å²) in [5.74, 6) is 0. The second kappa shape index (κ2) is 13.6. The lowest BCUT2D eigenvalue weighted by atomic mass is 10.3. The van der Waals surface area contributed by atoms with Crippen LogP contribution < -0.4 is 21.3 Å². The smallest absolute Gasteiger partial charge is 0.170 e. The molecule has 0 bridgehead atoms. The monoisotopic (exact) mass is 472 g/mol. The number of hydrogen-bond acceptors (Lipinski definition) is 6. The highest BCUT2D eigenvalue weighted by Gasteiger charge is 2.00. The molecule has 0 saturated heterocycles. The Morgan fingerprint density at radius 3 is 1.83 bits per heavy atom. The predicted octanol–water partition coefficient (Wildman–Crippen LogP) is 5.05. The highest BCUT2D eigenvalue weighted by Crippen LogP contribution is 2.19. The van der Waals surface area contributed by atoms with E-state index in [1.165, 1.54) is 0 Å². The molecule has 0 radical (unpaired) electrons. The van der Waals surface area contributed by atoms with Gasteiger partial charge in [0.25, 0.3) is 0 Å². The van der Waals surface area contributed by atoms with Gasteiger partial charge >= 0.3 is 0 Å². The van der Waals surface area contributed by atoms with Gasteiger partial charge in [0.1, 0.15) is 5.40 Å². The van der Waals surface area contributed by atoms with Gasteiger partial charge in [0.05, 0.1) is 10.8 Å². The molecule has 0 aliphatic heterocycles. The average Bonchev–Trinajstić information content (AvgIpc) is 2.74. The van der Waals surface area contributed by atoms with Crippen LogP contribution in [0.4, 0.5) is 17.1 Å². The Hall–Kier alpha value is -2.54. The molecule has 10 heteroatoms. The van der Waals surface area contributed by atoms with Gasteiger partial charge in [0.2, 0.25) is 0 Å². The van der Waals surface area contributed by atoms with Crippen molar-refractivity contribution in [3.8, 4) is 5.40 Å². The van der Waals surface area contributed by atoms with Crippen molar-refractivity contribution in [2.24, 2.45) is 4.99 Å². The zero-order valence-corrected chi connectivity index (χ0v) is 19.2. The van der Waals surface area contributed by atoms with Gasteiger partial charge in [-0.1, -0.05) is 0 Å². The number of unbranched alkanes of at least 4 members (excludes halogenated alkanes) is 1. The van der Waals surface area contributed by atoms with Crippen LogP contribution >= 0.6 is 48.4 Å². The number of anilines is 2. The molecule has 0 atom stereocenters. The van der Waals surface area contributed by atoms with Gasteiger partial charge in [-0.25, -0.2) is 0 Å². The molecule has 0 heterocycles. The molecule has 0 fully saturated rings. The van der Waals surface area contributed by atoms with E-state index in [4.69, 9.17) is 29.7 Å². The van der Waals surface area contributed by atoms with Gasteiger partial charge in [-0.3, -0.25) is 0 Å². The summed E-state index contributed by atoms with van der Waals surface area (Å²) in [5.41, 5.74) is 2.52. The number of benzene rings is 2. The van der Waals surface area contributed by atoms with Crippen molar-refractivity contribution in [1.29, 1.82) is 5.26 Å². The molecule has 0 spiro atoms. The van der Waals surface area contributed by atoms with Crippen molar-refractivity contribution in [3.05, 3.63) is 48.5 Å². The Morgan fingerprint density at radius 1 is 0.867 bits per heavy atom. The molecule has 0 saturated carbocycles. The first-order valence-corrected chi connectivity index (χ1v) is 11.1. The number of rotatable bonds is 9. The molecule has 6 nitrogen and oxygen atoms in total. The second-order valence-corrected chi connectivity index (χ2v) is 7.79. The molecule has 0 unspecified atom stereocenters. The molecule has 154 valence electrons. The normalized spacial score (nSPS) is 9.57. The average molecular weight is 473 g/mol.